The Morgan fingerprint density at radius 3 is 0.769 bits per heavy atom. The van der Waals surface area contributed by atoms with Gasteiger partial charge in [0.15, 0.2) is 0 Å². The zero-order valence-corrected chi connectivity index (χ0v) is 25.2. The van der Waals surface area contributed by atoms with E-state index >= 15 is 0 Å². The van der Waals surface area contributed by atoms with Crippen LogP contribution in [0.3, 0.4) is 0 Å². The summed E-state index contributed by atoms with van der Waals surface area (Å²) in [4.78, 5) is 20.0. The van der Waals surface area contributed by atoms with Crippen molar-refractivity contribution in [3.05, 3.63) is 0 Å². The van der Waals surface area contributed by atoms with Crippen LogP contribution in [0.2, 0.25) is 0 Å². The van der Waals surface area contributed by atoms with Gasteiger partial charge in [0.2, 0.25) is 0 Å². The normalized spacial score (nSPS) is 16.6. The van der Waals surface area contributed by atoms with Crippen molar-refractivity contribution < 1.29 is 106 Å². The Labute approximate surface area is 268 Å². The molecule has 27 heteroatoms. The van der Waals surface area contributed by atoms with Crippen molar-refractivity contribution in [1.29, 1.82) is 0 Å². The molecule has 8 atom stereocenters. The molecule has 0 fully saturated rings. The van der Waals surface area contributed by atoms with E-state index in [1.807, 2.05) is 0 Å². The van der Waals surface area contributed by atoms with Gasteiger partial charge in [-0.25, -0.2) is 0 Å². The van der Waals surface area contributed by atoms with Crippen LogP contribution in [0, 0.1) is 0 Å². The molecule has 0 rings (SSSR count). The molecule has 220 valence electrons. The minimum absolute atomic E-state index is 0. The summed E-state index contributed by atoms with van der Waals surface area (Å²) in [7, 11) is -10.3. The van der Waals surface area contributed by atoms with Crippen molar-refractivity contribution in [2.75, 3.05) is 13.2 Å². The molecule has 0 aromatic heterocycles. The molecule has 0 amide bonds. The first kappa shape index (κ1) is 55.5. The third kappa shape index (κ3) is 38.6. The van der Waals surface area contributed by atoms with Gasteiger partial charge in [-0.15, -0.1) is 0 Å². The van der Waals surface area contributed by atoms with E-state index in [9.17, 15) is 19.8 Å². The molecule has 0 aromatic carbocycles. The van der Waals surface area contributed by atoms with Crippen LogP contribution < -0.4 is 10.2 Å². The molecule has 0 unspecified atom stereocenters. The number of hydrogen-bond donors (Lipinski definition) is 10. The number of carboxylic acid groups (broad SMARTS) is 2. The summed E-state index contributed by atoms with van der Waals surface area (Å²) in [6.07, 6.45) is -16.2. The van der Waals surface area contributed by atoms with Crippen LogP contribution in [0.5, 0.6) is 0 Å². The Hall–Kier alpha value is 0.579. The minimum atomic E-state index is -5.17. The molecule has 0 saturated heterocycles. The molecule has 0 spiro atoms. The van der Waals surface area contributed by atoms with E-state index in [-0.39, 0.29) is 69.2 Å². The maximum absolute atomic E-state index is 9.98. The average molecular weight is 655 g/mol. The van der Waals surface area contributed by atoms with Gasteiger partial charge in [0.25, 0.3) is 0 Å². The van der Waals surface area contributed by atoms with Crippen LogP contribution in [0.15, 0.2) is 0 Å². The first-order chi connectivity index (χ1) is 15.8. The largest absolute Gasteiger partial charge is 2.00 e. The summed E-state index contributed by atoms with van der Waals surface area (Å²) < 4.78 is 68.2. The second-order valence-electron chi connectivity index (χ2n) is 5.81. The smallest absolute Gasteiger partial charge is 0.759 e. The summed E-state index contributed by atoms with van der Waals surface area (Å²) in [5.74, 6) is -3.95. The van der Waals surface area contributed by atoms with Crippen LogP contribution in [-0.4, -0.2) is 229 Å². The number of carboxylic acids is 2. The summed E-state index contributed by atoms with van der Waals surface area (Å²) in [5, 5.41) is 107. The van der Waals surface area contributed by atoms with Gasteiger partial charge < -0.3 is 89.1 Å². The Kier molecular flexibility index (Phi) is 39.0. The van der Waals surface area contributed by atoms with E-state index in [1.54, 1.807) is 0 Å². The van der Waals surface area contributed by atoms with Crippen LogP contribution in [0.25, 0.3) is 0 Å². The van der Waals surface area contributed by atoms with Crippen molar-refractivity contribution in [3.8, 4) is 0 Å². The predicted molar refractivity (Wildman–Crippen MR) is 110 cm³/mol. The van der Waals surface area contributed by atoms with Crippen LogP contribution in [0.1, 0.15) is 0 Å². The molecule has 0 aromatic rings. The summed E-state index contributed by atoms with van der Waals surface area (Å²) in [5.41, 5.74) is 0. The molecule has 22 nitrogen and oxygen atoms in total. The fraction of sp³-hybridized carbons (Fsp3) is 0.833. The maximum Gasteiger partial charge on any atom is 2.00 e. The van der Waals surface area contributed by atoms with Crippen LogP contribution >= 0.6 is 0 Å². The van der Waals surface area contributed by atoms with E-state index in [0.29, 0.717) is 0 Å². The summed E-state index contributed by atoms with van der Waals surface area (Å²) in [6.45, 7) is -1.73. The fourth-order valence-electron chi connectivity index (χ4n) is 1.32. The minimum Gasteiger partial charge on any atom is -0.759 e. The first-order valence-electron chi connectivity index (χ1n) is 8.24. The number of rotatable bonds is 10. The number of hydrogen-bond acceptors (Lipinski definition) is 22. The predicted octanol–water partition coefficient (Wildman–Crippen LogP) is -13.5. The topological polar surface area (TPSA) is 443 Å². The van der Waals surface area contributed by atoms with Gasteiger partial charge in [-0.05, 0) is 0 Å². The van der Waals surface area contributed by atoms with E-state index < -0.39 is 94.8 Å². The third-order valence-corrected chi connectivity index (χ3v) is 2.99. The Bertz CT molecular complexity index is 742. The van der Waals surface area contributed by atoms with Crippen LogP contribution in [-0.2, 0) is 30.4 Å². The zero-order valence-electron chi connectivity index (χ0n) is 19.3. The molecule has 10 N–H and O–H groups in total. The van der Waals surface area contributed by atoms with Gasteiger partial charge in [0.05, 0.1) is 25.2 Å². The van der Waals surface area contributed by atoms with E-state index in [1.165, 1.54) is 0 Å². The number of carbonyl (C=O) groups excluding carboxylic acids is 2. The van der Waals surface area contributed by atoms with E-state index in [0.717, 1.165) is 0 Å². The molecule has 0 aliphatic rings. The van der Waals surface area contributed by atoms with Crippen molar-refractivity contribution in [3.63, 3.8) is 0 Å². The average Bonchev–Trinajstić information content (AvgIpc) is 2.72. The van der Waals surface area contributed by atoms with Gasteiger partial charge in [-0.1, -0.05) is 0 Å². The van der Waals surface area contributed by atoms with Crippen LogP contribution in [0.4, 0.5) is 0 Å². The quantitative estimate of drug-likeness (QED) is 0.0593. The summed E-state index contributed by atoms with van der Waals surface area (Å²) in [6, 6.07) is 0. The Morgan fingerprint density at radius 1 is 0.513 bits per heavy atom. The molecular formula is C12H22Mg3O22S2. The van der Waals surface area contributed by atoms with Gasteiger partial charge in [0.1, 0.15) is 48.8 Å². The van der Waals surface area contributed by atoms with Crippen molar-refractivity contribution in [2.45, 2.75) is 48.8 Å². The molecular weight excluding hydrogens is 633 g/mol. The molecule has 0 aliphatic carbocycles. The zero-order chi connectivity index (χ0) is 30.2. The second-order valence-corrected chi connectivity index (χ2v) is 7.44. The molecule has 0 saturated carbocycles. The second kappa shape index (κ2) is 27.4. The van der Waals surface area contributed by atoms with Crippen molar-refractivity contribution >= 4 is 102 Å². The van der Waals surface area contributed by atoms with Gasteiger partial charge >= 0.3 is 69.2 Å². The fourth-order valence-corrected chi connectivity index (χ4v) is 1.32. The Morgan fingerprint density at radius 2 is 0.667 bits per heavy atom. The number of carbonyl (C=O) groups is 2. The number of aliphatic carboxylic acids is 2. The van der Waals surface area contributed by atoms with E-state index in [2.05, 4.69) is 0 Å². The van der Waals surface area contributed by atoms with Gasteiger partial charge in [0, 0.05) is 20.8 Å². The molecule has 0 heterocycles. The number of aliphatic hydroxyl groups excluding tert-OH is 10. The molecule has 0 bridgehead atoms. The van der Waals surface area contributed by atoms with Gasteiger partial charge in [-0.3, -0.25) is 16.8 Å². The SMILES string of the molecule is O=C([O-])[C@H](O)[C@@H](O)[C@H](O)[C@H](O)CO.O=C([O-])[C@H](O)[C@@H](O)[C@H](O)[C@H](O)CO.O=S(=O)([O-])[O-].O=S(=O)([O-])[O-].[Mg+2].[Mg+2].[Mg+2]. The standard InChI is InChI=1S/2C6H12O7.3Mg.2H2O4S/c2*7-1-2(8)3(9)4(10)5(11)6(12)13;;;;2*1-5(2,3)4/h2*2-5,7-11H,1H2,(H,12,13);;;;2*(H2,1,2,3,4)/q;;3*+2;;/p-6/t2*2-,3-,4+,5-;;;;;/m11...../s1. The van der Waals surface area contributed by atoms with Crippen molar-refractivity contribution in [2.24, 2.45) is 0 Å². The molecule has 0 aliphatic heterocycles. The maximum atomic E-state index is 9.98. The van der Waals surface area contributed by atoms with E-state index in [4.69, 9.17) is 86.1 Å². The Balaban J connectivity index is -0.0000000741. The first-order valence-corrected chi connectivity index (χ1v) is 10.9. The third-order valence-electron chi connectivity index (χ3n) is 2.99. The monoisotopic (exact) mass is 654 g/mol. The van der Waals surface area contributed by atoms with Crippen molar-refractivity contribution in [1.82, 2.24) is 0 Å². The summed E-state index contributed by atoms with van der Waals surface area (Å²) >= 11 is 0. The molecule has 39 heavy (non-hydrogen) atoms. The van der Waals surface area contributed by atoms with Gasteiger partial charge in [-0.2, -0.15) is 0 Å². The molecule has 0 radical (unpaired) electrons. The number of aliphatic hydroxyl groups is 10.